The summed E-state index contributed by atoms with van der Waals surface area (Å²) < 4.78 is 0. The Kier molecular flexibility index (Phi) is 4.59. The number of hydrogen-bond acceptors (Lipinski definition) is 2. The van der Waals surface area contributed by atoms with Gasteiger partial charge in [-0.25, -0.2) is 0 Å². The Bertz CT molecular complexity index is 456. The molecule has 0 aliphatic carbocycles. The molecule has 1 saturated heterocycles. The summed E-state index contributed by atoms with van der Waals surface area (Å²) in [5.41, 5.74) is 3.53. The van der Waals surface area contributed by atoms with Crippen molar-refractivity contribution < 1.29 is 4.79 Å². The molecule has 1 aliphatic heterocycles. The topological polar surface area (TPSA) is 41.1 Å². The zero-order valence-electron chi connectivity index (χ0n) is 12.1. The number of amides is 1. The molecule has 1 heterocycles. The molecule has 0 bridgehead atoms. The highest BCUT2D eigenvalue weighted by Gasteiger charge is 2.22. The number of nitrogens with one attached hydrogen (secondary N) is 2. The van der Waals surface area contributed by atoms with E-state index in [1.165, 1.54) is 11.1 Å². The van der Waals surface area contributed by atoms with Gasteiger partial charge in [0.15, 0.2) is 0 Å². The van der Waals surface area contributed by atoms with E-state index in [0.29, 0.717) is 12.5 Å². The SMILES string of the molecule is Cc1ccc(C)c(CC(=O)N[C@H]2CCCN[C@@H]2C)c1. The molecule has 2 atom stereocenters. The minimum Gasteiger partial charge on any atom is -0.352 e. The van der Waals surface area contributed by atoms with Crippen molar-refractivity contribution in [2.75, 3.05) is 6.54 Å². The highest BCUT2D eigenvalue weighted by atomic mass is 16.1. The van der Waals surface area contributed by atoms with E-state index in [-0.39, 0.29) is 11.9 Å². The van der Waals surface area contributed by atoms with Gasteiger partial charge in [0.25, 0.3) is 0 Å². The average Bonchev–Trinajstić information content (AvgIpc) is 2.37. The van der Waals surface area contributed by atoms with Gasteiger partial charge in [-0.05, 0) is 51.3 Å². The van der Waals surface area contributed by atoms with E-state index in [4.69, 9.17) is 0 Å². The number of rotatable bonds is 3. The van der Waals surface area contributed by atoms with Crippen LogP contribution in [0.15, 0.2) is 18.2 Å². The fraction of sp³-hybridized carbons (Fsp3) is 0.562. The molecule has 1 aromatic carbocycles. The second kappa shape index (κ2) is 6.20. The van der Waals surface area contributed by atoms with Crippen LogP contribution in [0, 0.1) is 13.8 Å². The lowest BCUT2D eigenvalue weighted by Gasteiger charge is -2.30. The molecule has 2 N–H and O–H groups in total. The Morgan fingerprint density at radius 2 is 2.21 bits per heavy atom. The third-order valence-electron chi connectivity index (χ3n) is 3.96. The summed E-state index contributed by atoms with van der Waals surface area (Å²) >= 11 is 0. The molecular weight excluding hydrogens is 236 g/mol. The zero-order valence-corrected chi connectivity index (χ0v) is 12.1. The van der Waals surface area contributed by atoms with Gasteiger partial charge in [-0.1, -0.05) is 23.8 Å². The molecule has 104 valence electrons. The Morgan fingerprint density at radius 1 is 1.42 bits per heavy atom. The molecule has 3 heteroatoms. The molecule has 1 amide bonds. The predicted octanol–water partition coefficient (Wildman–Crippen LogP) is 2.10. The molecule has 0 unspecified atom stereocenters. The normalized spacial score (nSPS) is 23.1. The quantitative estimate of drug-likeness (QED) is 0.874. The second-order valence-electron chi connectivity index (χ2n) is 5.67. The van der Waals surface area contributed by atoms with E-state index in [2.05, 4.69) is 49.6 Å². The minimum absolute atomic E-state index is 0.134. The van der Waals surface area contributed by atoms with Crippen molar-refractivity contribution in [3.63, 3.8) is 0 Å². The molecule has 0 saturated carbocycles. The first-order valence-corrected chi connectivity index (χ1v) is 7.15. The fourth-order valence-electron chi connectivity index (χ4n) is 2.66. The summed E-state index contributed by atoms with van der Waals surface area (Å²) in [6, 6.07) is 6.92. The standard InChI is InChI=1S/C16H24N2O/c1-11-6-7-12(2)14(9-11)10-16(19)18-15-5-4-8-17-13(15)3/h6-7,9,13,15,17H,4-5,8,10H2,1-3H3,(H,18,19)/t13-,15+/m1/s1. The van der Waals surface area contributed by atoms with Crippen molar-refractivity contribution in [3.05, 3.63) is 34.9 Å². The zero-order chi connectivity index (χ0) is 13.8. The molecule has 0 spiro atoms. The van der Waals surface area contributed by atoms with Crippen molar-refractivity contribution in [1.82, 2.24) is 10.6 Å². The maximum atomic E-state index is 12.2. The van der Waals surface area contributed by atoms with Crippen molar-refractivity contribution in [3.8, 4) is 0 Å². The van der Waals surface area contributed by atoms with Crippen LogP contribution in [0.5, 0.6) is 0 Å². The van der Waals surface area contributed by atoms with Crippen molar-refractivity contribution in [2.45, 2.75) is 52.1 Å². The van der Waals surface area contributed by atoms with Gasteiger partial charge >= 0.3 is 0 Å². The first-order chi connectivity index (χ1) is 9.06. The van der Waals surface area contributed by atoms with Crippen molar-refractivity contribution in [2.24, 2.45) is 0 Å². The van der Waals surface area contributed by atoms with Crippen LogP contribution in [0.25, 0.3) is 0 Å². The van der Waals surface area contributed by atoms with Crippen LogP contribution in [-0.4, -0.2) is 24.5 Å². The molecule has 3 nitrogen and oxygen atoms in total. The van der Waals surface area contributed by atoms with Gasteiger partial charge in [0.2, 0.25) is 5.91 Å². The Hall–Kier alpha value is -1.35. The van der Waals surface area contributed by atoms with E-state index < -0.39 is 0 Å². The van der Waals surface area contributed by atoms with E-state index in [1.54, 1.807) is 0 Å². The van der Waals surface area contributed by atoms with Gasteiger partial charge in [0.05, 0.1) is 6.42 Å². The molecule has 19 heavy (non-hydrogen) atoms. The molecule has 2 rings (SSSR count). The number of carbonyl (C=O) groups excluding carboxylic acids is 1. The van der Waals surface area contributed by atoms with Gasteiger partial charge in [-0.3, -0.25) is 4.79 Å². The minimum atomic E-state index is 0.134. The monoisotopic (exact) mass is 260 g/mol. The first-order valence-electron chi connectivity index (χ1n) is 7.15. The number of hydrogen-bond donors (Lipinski definition) is 2. The average molecular weight is 260 g/mol. The number of aryl methyl sites for hydroxylation is 2. The maximum absolute atomic E-state index is 12.2. The van der Waals surface area contributed by atoms with E-state index in [1.807, 2.05) is 0 Å². The molecule has 1 aliphatic rings. The molecular formula is C16H24N2O. The van der Waals surface area contributed by atoms with E-state index in [9.17, 15) is 4.79 Å². The number of piperidine rings is 1. The van der Waals surface area contributed by atoms with Crippen LogP contribution in [0.3, 0.4) is 0 Å². The first kappa shape index (κ1) is 14.1. The summed E-state index contributed by atoms with van der Waals surface area (Å²) in [5, 5.41) is 6.57. The van der Waals surface area contributed by atoms with Crippen LogP contribution < -0.4 is 10.6 Å². The van der Waals surface area contributed by atoms with Gasteiger partial charge < -0.3 is 10.6 Å². The summed E-state index contributed by atoms with van der Waals surface area (Å²) in [4.78, 5) is 12.2. The highest BCUT2D eigenvalue weighted by Crippen LogP contribution is 2.13. The molecule has 1 fully saturated rings. The summed E-state index contributed by atoms with van der Waals surface area (Å²) in [5.74, 6) is 0.134. The van der Waals surface area contributed by atoms with Gasteiger partial charge in [-0.15, -0.1) is 0 Å². The number of benzene rings is 1. The maximum Gasteiger partial charge on any atom is 0.224 e. The Labute approximate surface area is 115 Å². The lowest BCUT2D eigenvalue weighted by Crippen LogP contribution is -2.52. The smallest absolute Gasteiger partial charge is 0.224 e. The highest BCUT2D eigenvalue weighted by molar-refractivity contribution is 5.79. The van der Waals surface area contributed by atoms with E-state index in [0.717, 1.165) is 24.9 Å². The lowest BCUT2D eigenvalue weighted by atomic mass is 9.98. The van der Waals surface area contributed by atoms with Crippen LogP contribution in [0.2, 0.25) is 0 Å². The van der Waals surface area contributed by atoms with E-state index >= 15 is 0 Å². The largest absolute Gasteiger partial charge is 0.352 e. The molecule has 1 aromatic rings. The molecule has 0 radical (unpaired) electrons. The molecule has 0 aromatic heterocycles. The van der Waals surface area contributed by atoms with Crippen molar-refractivity contribution >= 4 is 5.91 Å². The third-order valence-corrected chi connectivity index (χ3v) is 3.96. The Balaban J connectivity index is 1.95. The summed E-state index contributed by atoms with van der Waals surface area (Å²) in [7, 11) is 0. The Morgan fingerprint density at radius 3 is 2.95 bits per heavy atom. The lowest BCUT2D eigenvalue weighted by molar-refractivity contribution is -0.121. The second-order valence-corrected chi connectivity index (χ2v) is 5.67. The van der Waals surface area contributed by atoms with Crippen molar-refractivity contribution in [1.29, 1.82) is 0 Å². The number of carbonyl (C=O) groups is 1. The third kappa shape index (κ3) is 3.80. The summed E-state index contributed by atoms with van der Waals surface area (Å²) in [6.07, 6.45) is 2.70. The van der Waals surface area contributed by atoms with Crippen LogP contribution in [0.4, 0.5) is 0 Å². The van der Waals surface area contributed by atoms with Gasteiger partial charge in [-0.2, -0.15) is 0 Å². The van der Waals surface area contributed by atoms with Gasteiger partial charge in [0.1, 0.15) is 0 Å². The van der Waals surface area contributed by atoms with Crippen LogP contribution >= 0.6 is 0 Å². The predicted molar refractivity (Wildman–Crippen MR) is 78.2 cm³/mol. The summed E-state index contributed by atoms with van der Waals surface area (Å²) in [6.45, 7) is 7.33. The van der Waals surface area contributed by atoms with Crippen LogP contribution in [-0.2, 0) is 11.2 Å². The van der Waals surface area contributed by atoms with Crippen LogP contribution in [0.1, 0.15) is 36.5 Å². The fourth-order valence-corrected chi connectivity index (χ4v) is 2.66. The van der Waals surface area contributed by atoms with Gasteiger partial charge in [0, 0.05) is 12.1 Å².